The monoisotopic (exact) mass is 301 g/mol. The molecule has 0 unspecified atom stereocenters. The molecule has 2 saturated carbocycles. The van der Waals surface area contributed by atoms with E-state index in [1.165, 1.54) is 64.2 Å². The van der Waals surface area contributed by atoms with Crippen molar-refractivity contribution in [1.82, 2.24) is 4.90 Å². The Balaban J connectivity index is 1.63. The Morgan fingerprint density at radius 1 is 0.909 bits per heavy atom. The van der Waals surface area contributed by atoms with Crippen LogP contribution in [-0.4, -0.2) is 23.9 Å². The fourth-order valence-electron chi connectivity index (χ4n) is 4.74. The number of amides is 1. The van der Waals surface area contributed by atoms with Gasteiger partial charge in [-0.15, -0.1) is 0 Å². The van der Waals surface area contributed by atoms with Gasteiger partial charge < -0.3 is 4.90 Å². The number of hydrogen-bond acceptors (Lipinski definition) is 1. The van der Waals surface area contributed by atoms with E-state index in [9.17, 15) is 4.79 Å². The van der Waals surface area contributed by atoms with Gasteiger partial charge in [-0.25, -0.2) is 0 Å². The highest BCUT2D eigenvalue weighted by Gasteiger charge is 2.30. The van der Waals surface area contributed by atoms with Gasteiger partial charge in [0, 0.05) is 18.9 Å². The average molecular weight is 301 g/mol. The Bertz CT molecular complexity index is 403. The number of likely N-dealkylation sites (tertiary alicyclic amines) is 1. The van der Waals surface area contributed by atoms with E-state index in [0.29, 0.717) is 18.4 Å². The smallest absolute Gasteiger partial charge is 0.223 e. The van der Waals surface area contributed by atoms with Crippen molar-refractivity contribution >= 4 is 5.91 Å². The van der Waals surface area contributed by atoms with Gasteiger partial charge in [0.15, 0.2) is 0 Å². The van der Waals surface area contributed by atoms with E-state index in [-0.39, 0.29) is 0 Å². The zero-order valence-electron chi connectivity index (χ0n) is 14.0. The average Bonchev–Trinajstić information content (AvgIpc) is 2.98. The molecule has 0 aromatic heterocycles. The van der Waals surface area contributed by atoms with Gasteiger partial charge in [0.05, 0.1) is 6.54 Å². The lowest BCUT2D eigenvalue weighted by Gasteiger charge is -2.34. The highest BCUT2D eigenvalue weighted by atomic mass is 16.2. The van der Waals surface area contributed by atoms with Gasteiger partial charge >= 0.3 is 0 Å². The molecule has 2 aliphatic carbocycles. The lowest BCUT2D eigenvalue weighted by Crippen LogP contribution is -2.27. The van der Waals surface area contributed by atoms with Crippen molar-refractivity contribution in [3.8, 4) is 11.8 Å². The standard InChI is InChI=1S/C20H31NO/c22-20-14-8-16-21(20)15-7-13-19(17-9-3-1-4-10-17)18-11-5-2-6-12-18/h17-19H,1-6,8-12,14-16H2. The number of carbonyl (C=O) groups is 1. The van der Waals surface area contributed by atoms with Crippen LogP contribution in [0.25, 0.3) is 0 Å². The fourth-order valence-corrected chi connectivity index (χ4v) is 4.74. The van der Waals surface area contributed by atoms with Crippen LogP contribution in [0.15, 0.2) is 0 Å². The van der Waals surface area contributed by atoms with Crippen molar-refractivity contribution < 1.29 is 4.79 Å². The first-order valence-electron chi connectivity index (χ1n) is 9.61. The van der Waals surface area contributed by atoms with Crippen LogP contribution >= 0.6 is 0 Å². The summed E-state index contributed by atoms with van der Waals surface area (Å²) < 4.78 is 0. The molecule has 1 saturated heterocycles. The lowest BCUT2D eigenvalue weighted by molar-refractivity contribution is -0.127. The molecule has 0 atom stereocenters. The third-order valence-electron chi connectivity index (χ3n) is 6.03. The predicted octanol–water partition coefficient (Wildman–Crippen LogP) is 4.39. The lowest BCUT2D eigenvalue weighted by atomic mass is 9.70. The Hall–Kier alpha value is -0.970. The first-order valence-corrected chi connectivity index (χ1v) is 9.61. The van der Waals surface area contributed by atoms with Crippen LogP contribution in [0.4, 0.5) is 0 Å². The fraction of sp³-hybridized carbons (Fsp3) is 0.850. The van der Waals surface area contributed by atoms with Crippen LogP contribution in [-0.2, 0) is 4.79 Å². The van der Waals surface area contributed by atoms with E-state index in [4.69, 9.17) is 0 Å². The van der Waals surface area contributed by atoms with Crippen LogP contribution in [0.5, 0.6) is 0 Å². The van der Waals surface area contributed by atoms with Crippen molar-refractivity contribution in [3.05, 3.63) is 0 Å². The second kappa shape index (κ2) is 8.04. The minimum atomic E-state index is 0.307. The summed E-state index contributed by atoms with van der Waals surface area (Å²) in [6, 6.07) is 0. The molecule has 0 N–H and O–H groups in total. The van der Waals surface area contributed by atoms with Crippen LogP contribution in [0.1, 0.15) is 77.0 Å². The summed E-state index contributed by atoms with van der Waals surface area (Å²) in [5, 5.41) is 0. The topological polar surface area (TPSA) is 20.3 Å². The summed E-state index contributed by atoms with van der Waals surface area (Å²) in [5.41, 5.74) is 0. The highest BCUT2D eigenvalue weighted by Crippen LogP contribution is 2.39. The van der Waals surface area contributed by atoms with Crippen molar-refractivity contribution in [2.75, 3.05) is 13.1 Å². The molecule has 122 valence electrons. The van der Waals surface area contributed by atoms with Gasteiger partial charge in [0.2, 0.25) is 5.91 Å². The third kappa shape index (κ3) is 4.06. The van der Waals surface area contributed by atoms with Crippen molar-refractivity contribution in [2.45, 2.75) is 77.0 Å². The zero-order chi connectivity index (χ0) is 15.2. The van der Waals surface area contributed by atoms with Gasteiger partial charge in [0.1, 0.15) is 0 Å². The molecule has 1 amide bonds. The van der Waals surface area contributed by atoms with Gasteiger partial charge in [-0.2, -0.15) is 0 Å². The van der Waals surface area contributed by atoms with E-state index >= 15 is 0 Å². The molecule has 0 radical (unpaired) electrons. The molecule has 22 heavy (non-hydrogen) atoms. The summed E-state index contributed by atoms with van der Waals surface area (Å²) in [6.07, 6.45) is 15.8. The highest BCUT2D eigenvalue weighted by molar-refractivity contribution is 5.78. The van der Waals surface area contributed by atoms with Crippen LogP contribution in [0.2, 0.25) is 0 Å². The van der Waals surface area contributed by atoms with Gasteiger partial charge in [-0.3, -0.25) is 4.79 Å². The third-order valence-corrected chi connectivity index (χ3v) is 6.03. The Morgan fingerprint density at radius 3 is 2.00 bits per heavy atom. The van der Waals surface area contributed by atoms with Crippen molar-refractivity contribution in [1.29, 1.82) is 0 Å². The maximum absolute atomic E-state index is 11.7. The van der Waals surface area contributed by atoms with Crippen molar-refractivity contribution in [3.63, 3.8) is 0 Å². The number of nitrogens with zero attached hydrogens (tertiary/aromatic N) is 1. The van der Waals surface area contributed by atoms with Crippen LogP contribution in [0, 0.1) is 29.6 Å². The second-order valence-corrected chi connectivity index (χ2v) is 7.56. The molecule has 0 spiro atoms. The summed E-state index contributed by atoms with van der Waals surface area (Å²) in [5.74, 6) is 9.65. The molecule has 2 nitrogen and oxygen atoms in total. The second-order valence-electron chi connectivity index (χ2n) is 7.56. The predicted molar refractivity (Wildman–Crippen MR) is 90.2 cm³/mol. The molecular formula is C20H31NO. The first-order chi connectivity index (χ1) is 10.8. The summed E-state index contributed by atoms with van der Waals surface area (Å²) in [4.78, 5) is 13.7. The minimum absolute atomic E-state index is 0.307. The molecule has 3 rings (SSSR count). The molecule has 0 aromatic rings. The van der Waals surface area contributed by atoms with E-state index < -0.39 is 0 Å². The van der Waals surface area contributed by atoms with Gasteiger partial charge in [0.25, 0.3) is 0 Å². The van der Waals surface area contributed by atoms with Crippen LogP contribution in [0.3, 0.4) is 0 Å². The van der Waals surface area contributed by atoms with Crippen molar-refractivity contribution in [2.24, 2.45) is 17.8 Å². The summed E-state index contributed by atoms with van der Waals surface area (Å²) in [7, 11) is 0. The molecule has 1 aliphatic heterocycles. The van der Waals surface area contributed by atoms with Gasteiger partial charge in [-0.1, -0.05) is 50.4 Å². The number of hydrogen-bond donors (Lipinski definition) is 0. The minimum Gasteiger partial charge on any atom is -0.332 e. The normalized spacial score (nSPS) is 24.6. The summed E-state index contributed by atoms with van der Waals surface area (Å²) in [6.45, 7) is 1.60. The van der Waals surface area contributed by atoms with E-state index in [1.807, 2.05) is 4.90 Å². The zero-order valence-corrected chi connectivity index (χ0v) is 14.0. The quantitative estimate of drug-likeness (QED) is 0.708. The Kier molecular flexibility index (Phi) is 5.82. The molecule has 1 heterocycles. The maximum Gasteiger partial charge on any atom is 0.223 e. The summed E-state index contributed by atoms with van der Waals surface area (Å²) >= 11 is 0. The maximum atomic E-state index is 11.7. The van der Waals surface area contributed by atoms with Crippen LogP contribution < -0.4 is 0 Å². The van der Waals surface area contributed by atoms with E-state index in [1.54, 1.807) is 0 Å². The molecule has 3 aliphatic rings. The SMILES string of the molecule is O=C1CCCN1CC#CC(C1CCCCC1)C1CCCCC1. The number of rotatable bonds is 3. The molecular weight excluding hydrogens is 270 g/mol. The molecule has 0 bridgehead atoms. The molecule has 3 fully saturated rings. The molecule has 2 heteroatoms. The first kappa shape index (κ1) is 15.9. The van der Waals surface area contributed by atoms with E-state index in [2.05, 4.69) is 11.8 Å². The number of carbonyl (C=O) groups excluding carboxylic acids is 1. The van der Waals surface area contributed by atoms with E-state index in [0.717, 1.165) is 31.2 Å². The largest absolute Gasteiger partial charge is 0.332 e. The Morgan fingerprint density at radius 2 is 1.50 bits per heavy atom. The molecule has 0 aromatic carbocycles. The Labute approximate surface area is 136 Å². The van der Waals surface area contributed by atoms with Gasteiger partial charge in [-0.05, 0) is 43.9 Å².